The van der Waals surface area contributed by atoms with E-state index in [0.29, 0.717) is 23.4 Å². The van der Waals surface area contributed by atoms with E-state index in [1.165, 1.54) is 30.1 Å². The lowest BCUT2D eigenvalue weighted by Crippen LogP contribution is -2.20. The third-order valence-electron chi connectivity index (χ3n) is 3.61. The van der Waals surface area contributed by atoms with Gasteiger partial charge in [-0.2, -0.15) is 0 Å². The number of H-pyrrole nitrogens is 1. The number of benzene rings is 1. The molecule has 0 radical (unpaired) electrons. The third-order valence-corrected chi connectivity index (χ3v) is 4.75. The molecule has 0 aliphatic rings. The predicted octanol–water partition coefficient (Wildman–Crippen LogP) is 1.09. The molecule has 2 rings (SSSR count). The summed E-state index contributed by atoms with van der Waals surface area (Å²) in [5.74, 6) is -0.441. The van der Waals surface area contributed by atoms with Crippen LogP contribution in [-0.2, 0) is 16.9 Å². The highest BCUT2D eigenvalue weighted by Gasteiger charge is 2.22. The number of nitrogens with one attached hydrogen (secondary N) is 2. The number of aryl methyl sites for hydroxylation is 1. The average Bonchev–Trinajstić information content (AvgIpc) is 2.79. The summed E-state index contributed by atoms with van der Waals surface area (Å²) in [5.41, 5.74) is 0.790. The van der Waals surface area contributed by atoms with Crippen LogP contribution >= 0.6 is 0 Å². The molecule has 0 saturated carbocycles. The van der Waals surface area contributed by atoms with Crippen LogP contribution in [-0.4, -0.2) is 36.8 Å². The number of carbonyl (C=O) groups is 1. The Balaban J connectivity index is 2.66. The number of aromatic nitrogens is 2. The zero-order chi connectivity index (χ0) is 17.4. The lowest BCUT2D eigenvalue weighted by atomic mass is 9.99. The average molecular weight is 337 g/mol. The fourth-order valence-corrected chi connectivity index (χ4v) is 3.32. The largest absolute Gasteiger partial charge is 0.384 e. The van der Waals surface area contributed by atoms with Crippen LogP contribution in [0, 0.1) is 6.92 Å². The van der Waals surface area contributed by atoms with Crippen molar-refractivity contribution in [2.75, 3.05) is 18.1 Å². The number of hydrogen-bond acceptors (Lipinski definition) is 5. The molecule has 0 saturated heterocycles. The van der Waals surface area contributed by atoms with Crippen LogP contribution in [0.3, 0.4) is 0 Å². The predicted molar refractivity (Wildman–Crippen MR) is 87.9 cm³/mol. The molecule has 7 nitrogen and oxygen atoms in total. The van der Waals surface area contributed by atoms with Gasteiger partial charge in [0.25, 0.3) is 5.56 Å². The Kier molecular flexibility index (Phi) is 4.46. The van der Waals surface area contributed by atoms with Gasteiger partial charge in [-0.15, -0.1) is 0 Å². The van der Waals surface area contributed by atoms with Gasteiger partial charge in [0, 0.05) is 31.6 Å². The van der Waals surface area contributed by atoms with Crippen molar-refractivity contribution in [3.05, 3.63) is 45.4 Å². The van der Waals surface area contributed by atoms with E-state index in [9.17, 15) is 18.0 Å². The van der Waals surface area contributed by atoms with Crippen molar-refractivity contribution in [3.8, 4) is 0 Å². The molecule has 2 N–H and O–H groups in total. The van der Waals surface area contributed by atoms with Crippen LogP contribution in [0.1, 0.15) is 28.4 Å². The summed E-state index contributed by atoms with van der Waals surface area (Å²) in [7, 11) is -1.92. The molecule has 0 unspecified atom stereocenters. The molecular formula is C15H19N3O4S. The minimum atomic E-state index is -3.44. The molecule has 23 heavy (non-hydrogen) atoms. The first kappa shape index (κ1) is 17.0. The molecule has 124 valence electrons. The van der Waals surface area contributed by atoms with Crippen molar-refractivity contribution in [2.45, 2.75) is 18.7 Å². The molecule has 0 amide bonds. The molecule has 2 aromatic rings. The summed E-state index contributed by atoms with van der Waals surface area (Å²) in [6.45, 7) is 4.01. The maximum Gasteiger partial charge on any atom is 0.277 e. The standard InChI is InChI=1S/C15H19N3O4S/c1-5-16-13-9(2)10(6-7-12(13)23(4,21)22)14(19)11-8-17-18(3)15(11)20/h6-8,16-17H,5H2,1-4H3. The normalized spacial score (nSPS) is 11.5. The first-order valence-corrected chi connectivity index (χ1v) is 8.94. The smallest absolute Gasteiger partial charge is 0.277 e. The van der Waals surface area contributed by atoms with E-state index in [2.05, 4.69) is 10.4 Å². The molecule has 0 spiro atoms. The van der Waals surface area contributed by atoms with Gasteiger partial charge >= 0.3 is 0 Å². The number of anilines is 1. The second-order valence-electron chi connectivity index (χ2n) is 5.29. The monoisotopic (exact) mass is 337 g/mol. The molecule has 0 aliphatic heterocycles. The van der Waals surface area contributed by atoms with Crippen LogP contribution in [0.25, 0.3) is 0 Å². The summed E-state index contributed by atoms with van der Waals surface area (Å²) in [6, 6.07) is 2.84. The topological polar surface area (TPSA) is 101 Å². The maximum atomic E-state index is 12.6. The van der Waals surface area contributed by atoms with Gasteiger partial charge in [0.15, 0.2) is 9.84 Å². The third kappa shape index (κ3) is 3.07. The van der Waals surface area contributed by atoms with E-state index >= 15 is 0 Å². The van der Waals surface area contributed by atoms with Gasteiger partial charge in [-0.3, -0.25) is 14.3 Å². The minimum absolute atomic E-state index is 0.0187. The maximum absolute atomic E-state index is 12.6. The Morgan fingerprint density at radius 1 is 1.30 bits per heavy atom. The second kappa shape index (κ2) is 6.04. The number of sulfone groups is 1. The van der Waals surface area contributed by atoms with Crippen molar-refractivity contribution < 1.29 is 13.2 Å². The Hall–Kier alpha value is -2.35. The Bertz CT molecular complexity index is 923. The fourth-order valence-electron chi connectivity index (χ4n) is 2.41. The molecular weight excluding hydrogens is 318 g/mol. The fraction of sp³-hybridized carbons (Fsp3) is 0.333. The first-order valence-electron chi connectivity index (χ1n) is 7.05. The van der Waals surface area contributed by atoms with E-state index in [4.69, 9.17) is 0 Å². The minimum Gasteiger partial charge on any atom is -0.384 e. The zero-order valence-corrected chi connectivity index (χ0v) is 14.2. The number of ketones is 1. The van der Waals surface area contributed by atoms with Crippen LogP contribution < -0.4 is 10.9 Å². The Labute approximate surface area is 134 Å². The van der Waals surface area contributed by atoms with Crippen LogP contribution in [0.4, 0.5) is 5.69 Å². The van der Waals surface area contributed by atoms with Crippen LogP contribution in [0.5, 0.6) is 0 Å². The molecule has 1 heterocycles. The molecule has 8 heteroatoms. The molecule has 0 aliphatic carbocycles. The van der Waals surface area contributed by atoms with Gasteiger partial charge in [-0.05, 0) is 31.5 Å². The van der Waals surface area contributed by atoms with E-state index < -0.39 is 21.2 Å². The summed E-state index contributed by atoms with van der Waals surface area (Å²) < 4.78 is 25.0. The molecule has 1 aromatic carbocycles. The van der Waals surface area contributed by atoms with Crippen molar-refractivity contribution in [1.29, 1.82) is 0 Å². The van der Waals surface area contributed by atoms with Crippen LogP contribution in [0.15, 0.2) is 28.0 Å². The van der Waals surface area contributed by atoms with E-state index in [1.807, 2.05) is 6.92 Å². The van der Waals surface area contributed by atoms with Gasteiger partial charge in [0.1, 0.15) is 5.56 Å². The van der Waals surface area contributed by atoms with Crippen molar-refractivity contribution in [1.82, 2.24) is 9.78 Å². The lowest BCUT2D eigenvalue weighted by Gasteiger charge is -2.15. The first-order chi connectivity index (χ1) is 10.7. The summed E-state index contributed by atoms with van der Waals surface area (Å²) >= 11 is 0. The van der Waals surface area contributed by atoms with Crippen molar-refractivity contribution >= 4 is 21.3 Å². The number of nitrogens with zero attached hydrogens (tertiary/aromatic N) is 1. The van der Waals surface area contributed by atoms with Crippen molar-refractivity contribution in [2.24, 2.45) is 7.05 Å². The van der Waals surface area contributed by atoms with Crippen molar-refractivity contribution in [3.63, 3.8) is 0 Å². The Morgan fingerprint density at radius 3 is 2.43 bits per heavy atom. The summed E-state index contributed by atoms with van der Waals surface area (Å²) in [5, 5.41) is 5.65. The number of hydrogen-bond donors (Lipinski definition) is 2. The van der Waals surface area contributed by atoms with Crippen LogP contribution in [0.2, 0.25) is 0 Å². The molecule has 1 aromatic heterocycles. The number of aromatic amines is 1. The van der Waals surface area contributed by atoms with Gasteiger partial charge < -0.3 is 10.4 Å². The lowest BCUT2D eigenvalue weighted by molar-refractivity contribution is 0.103. The second-order valence-corrected chi connectivity index (χ2v) is 7.28. The SMILES string of the molecule is CCNc1c(S(C)(=O)=O)ccc(C(=O)c2c[nH]n(C)c2=O)c1C. The van der Waals surface area contributed by atoms with E-state index in [-0.39, 0.29) is 10.5 Å². The highest BCUT2D eigenvalue weighted by molar-refractivity contribution is 7.90. The van der Waals surface area contributed by atoms with Gasteiger partial charge in [-0.25, -0.2) is 8.42 Å². The zero-order valence-electron chi connectivity index (χ0n) is 13.4. The summed E-state index contributed by atoms with van der Waals surface area (Å²) in [4.78, 5) is 24.7. The molecule has 0 fully saturated rings. The molecule has 0 bridgehead atoms. The Morgan fingerprint density at radius 2 is 1.96 bits per heavy atom. The van der Waals surface area contributed by atoms with Gasteiger partial charge in [-0.1, -0.05) is 0 Å². The van der Waals surface area contributed by atoms with E-state index in [0.717, 1.165) is 6.26 Å². The quantitative estimate of drug-likeness (QED) is 0.795. The van der Waals surface area contributed by atoms with Gasteiger partial charge in [0.05, 0.1) is 10.6 Å². The molecule has 0 atom stereocenters. The van der Waals surface area contributed by atoms with Gasteiger partial charge in [0.2, 0.25) is 5.78 Å². The number of rotatable bonds is 5. The summed E-state index contributed by atoms with van der Waals surface area (Å²) in [6.07, 6.45) is 2.47. The highest BCUT2D eigenvalue weighted by Crippen LogP contribution is 2.29. The number of carbonyl (C=O) groups excluding carboxylic acids is 1. The van der Waals surface area contributed by atoms with E-state index in [1.54, 1.807) is 6.92 Å². The highest BCUT2D eigenvalue weighted by atomic mass is 32.2.